The van der Waals surface area contributed by atoms with Gasteiger partial charge in [0, 0.05) is 29.1 Å². The molecule has 36 heavy (non-hydrogen) atoms. The normalized spacial score (nSPS) is 23.9. The van der Waals surface area contributed by atoms with Crippen molar-refractivity contribution in [2.24, 2.45) is 0 Å². The van der Waals surface area contributed by atoms with Crippen molar-refractivity contribution in [2.45, 2.75) is 42.6 Å². The van der Waals surface area contributed by atoms with Gasteiger partial charge in [-0.25, -0.2) is 14.4 Å². The molecule has 4 aromatic rings. The van der Waals surface area contributed by atoms with E-state index in [0.717, 1.165) is 43.6 Å². The zero-order chi connectivity index (χ0) is 25.1. The van der Waals surface area contributed by atoms with Crippen molar-refractivity contribution in [2.75, 3.05) is 18.9 Å². The predicted octanol–water partition coefficient (Wildman–Crippen LogP) is 4.83. The molecule has 3 aliphatic rings. The lowest BCUT2D eigenvalue weighted by Crippen LogP contribution is -2.55. The van der Waals surface area contributed by atoms with Crippen LogP contribution < -0.4 is 5.73 Å². The van der Waals surface area contributed by atoms with Gasteiger partial charge in [0.15, 0.2) is 0 Å². The van der Waals surface area contributed by atoms with Gasteiger partial charge in [-0.15, -0.1) is 0 Å². The molecule has 1 aliphatic carbocycles. The van der Waals surface area contributed by atoms with Gasteiger partial charge in [-0.3, -0.25) is 4.40 Å². The summed E-state index contributed by atoms with van der Waals surface area (Å²) in [4.78, 5) is 9.22. The van der Waals surface area contributed by atoms with Crippen molar-refractivity contribution in [3.8, 4) is 11.3 Å². The number of aromatic nitrogens is 3. The van der Waals surface area contributed by atoms with Crippen LogP contribution in [-0.2, 0) is 16.1 Å². The number of ether oxygens (including phenoxy) is 1. The number of aliphatic hydroxyl groups excluding tert-OH is 1. The minimum absolute atomic E-state index is 0.000133. The Kier molecular flexibility index (Phi) is 5.14. The highest BCUT2D eigenvalue weighted by Crippen LogP contribution is 2.50. The highest BCUT2D eigenvalue weighted by Gasteiger charge is 2.52. The summed E-state index contributed by atoms with van der Waals surface area (Å²) in [6, 6.07) is 10.3. The second-order valence-electron chi connectivity index (χ2n) is 9.89. The van der Waals surface area contributed by atoms with E-state index < -0.39 is 22.9 Å². The number of imidazole rings is 1. The summed E-state index contributed by atoms with van der Waals surface area (Å²) in [6.07, 6.45) is 6.51. The Morgan fingerprint density at radius 3 is 2.44 bits per heavy atom. The number of anilines is 1. The van der Waals surface area contributed by atoms with Crippen molar-refractivity contribution in [3.63, 3.8) is 0 Å². The molecule has 4 heterocycles. The number of alkyl halides is 2. The van der Waals surface area contributed by atoms with Crippen LogP contribution in [-0.4, -0.2) is 38.3 Å². The fraction of sp³-hybridized carbons (Fsp3) is 0.333. The summed E-state index contributed by atoms with van der Waals surface area (Å²) in [5.74, 6) is -2.99. The molecule has 3 N–H and O–H groups in total. The molecule has 0 unspecified atom stereocenters. The summed E-state index contributed by atoms with van der Waals surface area (Å²) in [5.41, 5.74) is 6.58. The van der Waals surface area contributed by atoms with E-state index in [1.54, 1.807) is 24.5 Å². The first kappa shape index (κ1) is 23.0. The molecular formula is C27H25F3N4O2. The first-order valence-electron chi connectivity index (χ1n) is 11.9. The number of halogens is 3. The summed E-state index contributed by atoms with van der Waals surface area (Å²) in [6.45, 7) is 0.438. The number of nitrogen functional groups attached to an aromatic ring is 1. The van der Waals surface area contributed by atoms with Crippen molar-refractivity contribution in [1.82, 2.24) is 14.4 Å². The van der Waals surface area contributed by atoms with E-state index in [2.05, 4.69) is 4.98 Å². The molecule has 0 spiro atoms. The molecule has 2 bridgehead atoms. The monoisotopic (exact) mass is 494 g/mol. The van der Waals surface area contributed by atoms with Gasteiger partial charge >= 0.3 is 0 Å². The molecule has 2 saturated heterocycles. The molecule has 186 valence electrons. The van der Waals surface area contributed by atoms with E-state index >= 15 is 8.78 Å². The molecule has 0 radical (unpaired) electrons. The molecule has 2 aliphatic heterocycles. The molecule has 0 atom stereocenters. The molecule has 2 aromatic carbocycles. The number of nitrogens with zero attached hydrogens (tertiary/aromatic N) is 3. The average molecular weight is 495 g/mol. The molecule has 7 rings (SSSR count). The molecule has 1 saturated carbocycles. The van der Waals surface area contributed by atoms with Gasteiger partial charge in [0.2, 0.25) is 0 Å². The van der Waals surface area contributed by atoms with Crippen LogP contribution in [0.25, 0.3) is 16.8 Å². The highest BCUT2D eigenvalue weighted by molar-refractivity contribution is 5.85. The third-order valence-corrected chi connectivity index (χ3v) is 7.83. The third-order valence-electron chi connectivity index (χ3n) is 7.83. The van der Waals surface area contributed by atoms with Gasteiger partial charge in [0.05, 0.1) is 24.2 Å². The van der Waals surface area contributed by atoms with Crippen LogP contribution >= 0.6 is 0 Å². The maximum atomic E-state index is 15.1. The predicted molar refractivity (Wildman–Crippen MR) is 128 cm³/mol. The number of aliphatic hydroxyl groups is 1. The van der Waals surface area contributed by atoms with Crippen LogP contribution in [0.3, 0.4) is 0 Å². The van der Waals surface area contributed by atoms with Crippen molar-refractivity contribution < 1.29 is 23.0 Å². The van der Waals surface area contributed by atoms with E-state index in [-0.39, 0.29) is 23.4 Å². The zero-order valence-corrected chi connectivity index (χ0v) is 19.4. The van der Waals surface area contributed by atoms with Gasteiger partial charge in [0.25, 0.3) is 5.92 Å². The Balaban J connectivity index is 1.41. The summed E-state index contributed by atoms with van der Waals surface area (Å²) in [5, 5.41) is 9.80. The van der Waals surface area contributed by atoms with E-state index in [0.29, 0.717) is 23.4 Å². The van der Waals surface area contributed by atoms with E-state index in [4.69, 9.17) is 15.5 Å². The van der Waals surface area contributed by atoms with Gasteiger partial charge in [0.1, 0.15) is 28.7 Å². The van der Waals surface area contributed by atoms with Crippen LogP contribution in [0.2, 0.25) is 0 Å². The number of hydrogen-bond acceptors (Lipinski definition) is 5. The second kappa shape index (κ2) is 8.04. The smallest absolute Gasteiger partial charge is 0.298 e. The Bertz CT molecular complexity index is 1430. The summed E-state index contributed by atoms with van der Waals surface area (Å²) in [7, 11) is 0. The Morgan fingerprint density at radius 2 is 1.81 bits per heavy atom. The van der Waals surface area contributed by atoms with Gasteiger partial charge < -0.3 is 15.6 Å². The average Bonchev–Trinajstić information content (AvgIpc) is 3.32. The molecule has 2 aromatic heterocycles. The number of hydrogen-bond donors (Lipinski definition) is 2. The molecule has 3 fully saturated rings. The SMILES string of the molecule is Nc1nccn2c(C34CCC(CO)(CC3)OC4)nc(-c3ccc(C(F)(F)c4cccc(F)c4)cc3)c12. The first-order valence-corrected chi connectivity index (χ1v) is 11.9. The van der Waals surface area contributed by atoms with E-state index in [9.17, 15) is 9.50 Å². The largest absolute Gasteiger partial charge is 0.393 e. The Morgan fingerprint density at radius 1 is 1.06 bits per heavy atom. The van der Waals surface area contributed by atoms with Crippen molar-refractivity contribution >= 4 is 11.3 Å². The fourth-order valence-corrected chi connectivity index (χ4v) is 5.58. The topological polar surface area (TPSA) is 85.7 Å². The third kappa shape index (κ3) is 3.41. The Labute approximate surface area is 205 Å². The standard InChI is InChI=1S/C27H25F3N4O2/c28-20-3-1-2-19(14-20)27(29,30)18-6-4-17(5-7-18)21-22-23(31)32-12-13-34(22)24(33-21)25-8-10-26(15-35,11-9-25)36-16-25/h1-7,12-14,35H,8-11,15-16H2,(H2,31,32). The maximum Gasteiger partial charge on any atom is 0.298 e. The van der Waals surface area contributed by atoms with E-state index in [1.165, 1.54) is 24.3 Å². The number of rotatable bonds is 5. The Hall–Kier alpha value is -3.43. The minimum atomic E-state index is -3.36. The van der Waals surface area contributed by atoms with Gasteiger partial charge in [-0.2, -0.15) is 8.78 Å². The molecular weight excluding hydrogens is 469 g/mol. The minimum Gasteiger partial charge on any atom is -0.393 e. The molecule has 9 heteroatoms. The van der Waals surface area contributed by atoms with Gasteiger partial charge in [-0.05, 0) is 37.8 Å². The zero-order valence-electron chi connectivity index (χ0n) is 19.4. The maximum absolute atomic E-state index is 15.1. The lowest BCUT2D eigenvalue weighted by atomic mass is 9.66. The van der Waals surface area contributed by atoms with E-state index in [1.807, 2.05) is 4.40 Å². The summed E-state index contributed by atoms with van der Waals surface area (Å²) < 4.78 is 51.8. The van der Waals surface area contributed by atoms with Gasteiger partial charge in [-0.1, -0.05) is 36.4 Å². The quantitative estimate of drug-likeness (QED) is 0.415. The lowest BCUT2D eigenvalue weighted by molar-refractivity contribution is -0.177. The molecule has 6 nitrogen and oxygen atoms in total. The van der Waals surface area contributed by atoms with Crippen LogP contribution in [0.5, 0.6) is 0 Å². The highest BCUT2D eigenvalue weighted by atomic mass is 19.3. The van der Waals surface area contributed by atoms with Crippen molar-refractivity contribution in [1.29, 1.82) is 0 Å². The first-order chi connectivity index (χ1) is 17.3. The lowest BCUT2D eigenvalue weighted by Gasteiger charge is -2.51. The second-order valence-corrected chi connectivity index (χ2v) is 9.89. The number of benzene rings is 2. The van der Waals surface area contributed by atoms with Crippen LogP contribution in [0.4, 0.5) is 19.0 Å². The van der Waals surface area contributed by atoms with Crippen LogP contribution in [0.1, 0.15) is 42.6 Å². The van der Waals surface area contributed by atoms with Crippen LogP contribution in [0.15, 0.2) is 60.9 Å². The van der Waals surface area contributed by atoms with Crippen LogP contribution in [0, 0.1) is 5.82 Å². The molecule has 0 amide bonds. The summed E-state index contributed by atoms with van der Waals surface area (Å²) >= 11 is 0. The number of nitrogens with two attached hydrogens (primary N) is 1. The number of fused-ring (bicyclic) bond motifs is 4. The van der Waals surface area contributed by atoms with Crippen molar-refractivity contribution in [3.05, 3.63) is 83.7 Å². The fourth-order valence-electron chi connectivity index (χ4n) is 5.58.